The van der Waals surface area contributed by atoms with E-state index in [4.69, 9.17) is 9.26 Å². The van der Waals surface area contributed by atoms with Crippen LogP contribution in [0.25, 0.3) is 0 Å². The van der Waals surface area contributed by atoms with E-state index in [0.29, 0.717) is 13.2 Å². The lowest BCUT2D eigenvalue weighted by Crippen LogP contribution is -2.26. The van der Waals surface area contributed by atoms with Gasteiger partial charge in [-0.2, -0.15) is 0 Å². The number of esters is 1. The molecule has 0 N–H and O–H groups in total. The summed E-state index contributed by atoms with van der Waals surface area (Å²) in [4.78, 5) is 13.0. The van der Waals surface area contributed by atoms with E-state index in [1.165, 1.54) is 0 Å². The highest BCUT2D eigenvalue weighted by molar-refractivity contribution is 5.71. The highest BCUT2D eigenvalue weighted by atomic mass is 16.5. The molecule has 1 heterocycles. The Balaban J connectivity index is 2.35. The minimum absolute atomic E-state index is 0.226. The Labute approximate surface area is 89.0 Å². The Morgan fingerprint density at radius 1 is 1.67 bits per heavy atom. The Kier molecular flexibility index (Phi) is 4.30. The molecule has 0 saturated heterocycles. The Hall–Kier alpha value is -1.36. The van der Waals surface area contributed by atoms with E-state index >= 15 is 0 Å². The van der Waals surface area contributed by atoms with Crippen LogP contribution in [0.3, 0.4) is 0 Å². The summed E-state index contributed by atoms with van der Waals surface area (Å²) in [7, 11) is 1.83. The van der Waals surface area contributed by atoms with E-state index in [1.807, 2.05) is 24.9 Å². The molecular formula is C10H16N2O3. The topological polar surface area (TPSA) is 55.6 Å². The van der Waals surface area contributed by atoms with Crippen LogP contribution in [0.15, 0.2) is 10.6 Å². The molecule has 0 unspecified atom stereocenters. The maximum absolute atomic E-state index is 11.1. The average Bonchev–Trinajstić information content (AvgIpc) is 2.51. The van der Waals surface area contributed by atoms with Crippen LogP contribution >= 0.6 is 0 Å². The zero-order valence-corrected chi connectivity index (χ0v) is 9.32. The monoisotopic (exact) mass is 212 g/mol. The molecule has 0 fully saturated rings. The van der Waals surface area contributed by atoms with Gasteiger partial charge in [-0.15, -0.1) is 0 Å². The van der Waals surface area contributed by atoms with Gasteiger partial charge in [0.1, 0.15) is 0 Å². The number of carbonyl (C=O) groups excluding carboxylic acids is 1. The van der Waals surface area contributed by atoms with Gasteiger partial charge in [0.2, 0.25) is 0 Å². The highest BCUT2D eigenvalue weighted by Gasteiger charge is 2.09. The van der Waals surface area contributed by atoms with Crippen molar-refractivity contribution in [1.29, 1.82) is 0 Å². The minimum Gasteiger partial charge on any atom is -0.465 e. The lowest BCUT2D eigenvalue weighted by atomic mass is 10.3. The largest absolute Gasteiger partial charge is 0.465 e. The first-order valence-electron chi connectivity index (χ1n) is 4.88. The Bertz CT molecular complexity index is 322. The van der Waals surface area contributed by atoms with Crippen LogP contribution in [0.5, 0.6) is 0 Å². The number of hydrogen-bond acceptors (Lipinski definition) is 5. The van der Waals surface area contributed by atoms with Crippen LogP contribution in [0.4, 0.5) is 0 Å². The Morgan fingerprint density at radius 2 is 2.40 bits per heavy atom. The summed E-state index contributed by atoms with van der Waals surface area (Å²) in [6.45, 7) is 4.87. The van der Waals surface area contributed by atoms with Crippen LogP contribution in [0, 0.1) is 6.92 Å². The van der Waals surface area contributed by atoms with Crippen molar-refractivity contribution < 1.29 is 14.1 Å². The third kappa shape index (κ3) is 4.12. The van der Waals surface area contributed by atoms with Crippen LogP contribution < -0.4 is 0 Å². The summed E-state index contributed by atoms with van der Waals surface area (Å²) in [6.07, 6.45) is 0. The van der Waals surface area contributed by atoms with Crippen LogP contribution in [0.1, 0.15) is 18.4 Å². The minimum atomic E-state index is -0.226. The first-order valence-corrected chi connectivity index (χ1v) is 4.88. The van der Waals surface area contributed by atoms with Gasteiger partial charge in [0.15, 0.2) is 5.76 Å². The van der Waals surface area contributed by atoms with Gasteiger partial charge in [0, 0.05) is 6.07 Å². The molecule has 1 rings (SSSR count). The first kappa shape index (κ1) is 11.7. The molecule has 0 aliphatic carbocycles. The summed E-state index contributed by atoms with van der Waals surface area (Å²) < 4.78 is 9.86. The molecule has 5 heteroatoms. The van der Waals surface area contributed by atoms with E-state index in [9.17, 15) is 4.79 Å². The number of hydrogen-bond donors (Lipinski definition) is 0. The highest BCUT2D eigenvalue weighted by Crippen LogP contribution is 2.04. The standard InChI is InChI=1S/C10H16N2O3/c1-4-14-10(13)7-12(3)6-9-5-8(2)11-15-9/h5H,4,6-7H2,1-3H3. The van der Waals surface area contributed by atoms with Crippen molar-refractivity contribution in [3.8, 4) is 0 Å². The fourth-order valence-electron chi connectivity index (χ4n) is 1.24. The van der Waals surface area contributed by atoms with E-state index in [1.54, 1.807) is 6.92 Å². The van der Waals surface area contributed by atoms with Crippen molar-refractivity contribution in [3.05, 3.63) is 17.5 Å². The van der Waals surface area contributed by atoms with E-state index in [2.05, 4.69) is 5.16 Å². The molecule has 84 valence electrons. The number of carbonyl (C=O) groups is 1. The van der Waals surface area contributed by atoms with Crippen molar-refractivity contribution in [1.82, 2.24) is 10.1 Å². The van der Waals surface area contributed by atoms with Crippen molar-refractivity contribution in [2.75, 3.05) is 20.2 Å². The second kappa shape index (κ2) is 5.50. The molecule has 0 atom stereocenters. The van der Waals surface area contributed by atoms with Crippen molar-refractivity contribution in [2.45, 2.75) is 20.4 Å². The number of rotatable bonds is 5. The van der Waals surface area contributed by atoms with Gasteiger partial charge < -0.3 is 9.26 Å². The summed E-state index contributed by atoms with van der Waals surface area (Å²) in [5, 5.41) is 3.77. The molecule has 0 amide bonds. The second-order valence-electron chi connectivity index (χ2n) is 3.41. The number of aryl methyl sites for hydroxylation is 1. The van der Waals surface area contributed by atoms with Gasteiger partial charge in [-0.3, -0.25) is 9.69 Å². The lowest BCUT2D eigenvalue weighted by Gasteiger charge is -2.12. The van der Waals surface area contributed by atoms with Gasteiger partial charge in [-0.1, -0.05) is 5.16 Å². The zero-order valence-electron chi connectivity index (χ0n) is 9.32. The molecule has 15 heavy (non-hydrogen) atoms. The predicted molar refractivity (Wildman–Crippen MR) is 54.2 cm³/mol. The van der Waals surface area contributed by atoms with Crippen molar-refractivity contribution >= 4 is 5.97 Å². The normalized spacial score (nSPS) is 10.7. The number of likely N-dealkylation sites (N-methyl/N-ethyl adjacent to an activating group) is 1. The third-order valence-electron chi connectivity index (χ3n) is 1.81. The van der Waals surface area contributed by atoms with Gasteiger partial charge in [0.25, 0.3) is 0 Å². The number of ether oxygens (including phenoxy) is 1. The molecule has 0 radical (unpaired) electrons. The summed E-state index contributed by atoms with van der Waals surface area (Å²) in [5.74, 6) is 0.524. The lowest BCUT2D eigenvalue weighted by molar-refractivity contribution is -0.144. The average molecular weight is 212 g/mol. The molecule has 0 bridgehead atoms. The smallest absolute Gasteiger partial charge is 0.320 e. The molecule has 1 aromatic heterocycles. The number of aromatic nitrogens is 1. The molecule has 0 spiro atoms. The fourth-order valence-corrected chi connectivity index (χ4v) is 1.24. The molecule has 0 aliphatic heterocycles. The van der Waals surface area contributed by atoms with Gasteiger partial charge in [0.05, 0.1) is 25.4 Å². The van der Waals surface area contributed by atoms with Crippen LogP contribution in [-0.2, 0) is 16.1 Å². The van der Waals surface area contributed by atoms with E-state index in [0.717, 1.165) is 11.5 Å². The molecule has 0 aromatic carbocycles. The third-order valence-corrected chi connectivity index (χ3v) is 1.81. The SMILES string of the molecule is CCOC(=O)CN(C)Cc1cc(C)no1. The van der Waals surface area contributed by atoms with Gasteiger partial charge in [-0.05, 0) is 20.9 Å². The van der Waals surface area contributed by atoms with Gasteiger partial charge >= 0.3 is 5.97 Å². The second-order valence-corrected chi connectivity index (χ2v) is 3.41. The fraction of sp³-hybridized carbons (Fsp3) is 0.600. The van der Waals surface area contributed by atoms with Crippen LogP contribution in [0.2, 0.25) is 0 Å². The maximum atomic E-state index is 11.1. The number of nitrogens with zero attached hydrogens (tertiary/aromatic N) is 2. The summed E-state index contributed by atoms with van der Waals surface area (Å²) in [5.41, 5.74) is 0.842. The van der Waals surface area contributed by atoms with Gasteiger partial charge in [-0.25, -0.2) is 0 Å². The zero-order chi connectivity index (χ0) is 11.3. The van der Waals surface area contributed by atoms with E-state index < -0.39 is 0 Å². The molecule has 1 aromatic rings. The van der Waals surface area contributed by atoms with Crippen molar-refractivity contribution in [2.24, 2.45) is 0 Å². The maximum Gasteiger partial charge on any atom is 0.320 e. The molecule has 0 saturated carbocycles. The van der Waals surface area contributed by atoms with Crippen LogP contribution in [-0.4, -0.2) is 36.2 Å². The summed E-state index contributed by atoms with van der Waals surface area (Å²) in [6, 6.07) is 1.85. The summed E-state index contributed by atoms with van der Waals surface area (Å²) >= 11 is 0. The molecular weight excluding hydrogens is 196 g/mol. The molecule has 5 nitrogen and oxygen atoms in total. The van der Waals surface area contributed by atoms with E-state index in [-0.39, 0.29) is 12.5 Å². The quantitative estimate of drug-likeness (QED) is 0.681. The predicted octanol–water partition coefficient (Wildman–Crippen LogP) is 0.978. The first-order chi connectivity index (χ1) is 7.11. The Morgan fingerprint density at radius 3 is 2.93 bits per heavy atom. The van der Waals surface area contributed by atoms with Crippen molar-refractivity contribution in [3.63, 3.8) is 0 Å². The molecule has 0 aliphatic rings.